The molecule has 0 saturated carbocycles. The second kappa shape index (κ2) is 9.58. The van der Waals surface area contributed by atoms with Crippen molar-refractivity contribution in [2.24, 2.45) is 5.73 Å². The van der Waals surface area contributed by atoms with Crippen molar-refractivity contribution in [1.82, 2.24) is 0 Å². The Morgan fingerprint density at radius 1 is 1.05 bits per heavy atom. The number of carbonyl (C=O) groups is 1. The van der Waals surface area contributed by atoms with Crippen LogP contribution in [0.3, 0.4) is 0 Å². The fourth-order valence-electron chi connectivity index (χ4n) is 1.83. The van der Waals surface area contributed by atoms with Crippen LogP contribution in [-0.4, -0.2) is 23.2 Å². The van der Waals surface area contributed by atoms with Gasteiger partial charge in [0, 0.05) is 11.7 Å². The van der Waals surface area contributed by atoms with Crippen LogP contribution >= 0.6 is 0 Å². The Morgan fingerprint density at radius 2 is 1.55 bits per heavy atom. The highest BCUT2D eigenvalue weighted by atomic mass is 16.4. The van der Waals surface area contributed by atoms with Gasteiger partial charge in [-0.25, -0.2) is 0 Å². The minimum absolute atomic E-state index is 0.266. The molecular weight excluding hydrogens is 276 g/mol. The van der Waals surface area contributed by atoms with E-state index in [-0.39, 0.29) is 6.04 Å². The van der Waals surface area contributed by atoms with Gasteiger partial charge in [-0.1, -0.05) is 48.5 Å². The van der Waals surface area contributed by atoms with Gasteiger partial charge in [0.05, 0.1) is 0 Å². The van der Waals surface area contributed by atoms with E-state index in [0.29, 0.717) is 0 Å². The first-order valence-electron chi connectivity index (χ1n) is 7.33. The SMILES string of the molecule is CC(N)Cc1ccccc1.CC(Nc1ccccc1)C(=O)O. The first-order valence-corrected chi connectivity index (χ1v) is 7.33. The van der Waals surface area contributed by atoms with Crippen molar-refractivity contribution in [3.63, 3.8) is 0 Å². The number of benzene rings is 2. The van der Waals surface area contributed by atoms with E-state index in [0.717, 1.165) is 12.1 Å². The Kier molecular flexibility index (Phi) is 7.72. The molecule has 0 heterocycles. The molecule has 2 unspecified atom stereocenters. The third kappa shape index (κ3) is 7.45. The summed E-state index contributed by atoms with van der Waals surface area (Å²) >= 11 is 0. The molecule has 0 amide bonds. The van der Waals surface area contributed by atoms with Crippen LogP contribution in [0.15, 0.2) is 60.7 Å². The second-order valence-electron chi connectivity index (χ2n) is 5.24. The van der Waals surface area contributed by atoms with Crippen molar-refractivity contribution >= 4 is 11.7 Å². The average Bonchev–Trinajstić information content (AvgIpc) is 2.49. The third-order valence-electron chi connectivity index (χ3n) is 2.93. The average molecular weight is 300 g/mol. The Bertz CT molecular complexity index is 542. The summed E-state index contributed by atoms with van der Waals surface area (Å²) in [6.45, 7) is 3.63. The molecule has 2 atom stereocenters. The summed E-state index contributed by atoms with van der Waals surface area (Å²) in [4.78, 5) is 10.4. The van der Waals surface area contributed by atoms with Crippen molar-refractivity contribution in [3.8, 4) is 0 Å². The second-order valence-corrected chi connectivity index (χ2v) is 5.24. The summed E-state index contributed by atoms with van der Waals surface area (Å²) in [5, 5.41) is 11.4. The van der Waals surface area contributed by atoms with Gasteiger partial charge in [-0.3, -0.25) is 4.79 Å². The number of hydrogen-bond donors (Lipinski definition) is 3. The van der Waals surface area contributed by atoms with Crippen LogP contribution in [-0.2, 0) is 11.2 Å². The zero-order valence-electron chi connectivity index (χ0n) is 13.1. The quantitative estimate of drug-likeness (QED) is 0.793. The molecular formula is C18H24N2O2. The molecule has 4 nitrogen and oxygen atoms in total. The molecule has 2 rings (SSSR count). The molecule has 2 aromatic rings. The Balaban J connectivity index is 0.000000224. The van der Waals surface area contributed by atoms with E-state index < -0.39 is 12.0 Å². The molecule has 0 fully saturated rings. The normalized spacial score (nSPS) is 12.5. The summed E-state index contributed by atoms with van der Waals surface area (Å²) in [5.41, 5.74) is 7.77. The Hall–Kier alpha value is -2.33. The van der Waals surface area contributed by atoms with Crippen LogP contribution in [0.25, 0.3) is 0 Å². The van der Waals surface area contributed by atoms with E-state index in [1.54, 1.807) is 6.92 Å². The number of nitrogens with two attached hydrogens (primary N) is 1. The molecule has 0 saturated heterocycles. The summed E-state index contributed by atoms with van der Waals surface area (Å²) < 4.78 is 0. The lowest BCUT2D eigenvalue weighted by Crippen LogP contribution is -2.25. The van der Waals surface area contributed by atoms with E-state index >= 15 is 0 Å². The molecule has 0 aliphatic heterocycles. The minimum Gasteiger partial charge on any atom is -0.480 e. The smallest absolute Gasteiger partial charge is 0.325 e. The maximum atomic E-state index is 10.4. The molecule has 0 aromatic heterocycles. The highest BCUT2D eigenvalue weighted by Crippen LogP contribution is 2.06. The molecule has 0 spiro atoms. The molecule has 22 heavy (non-hydrogen) atoms. The molecule has 118 valence electrons. The number of hydrogen-bond acceptors (Lipinski definition) is 3. The van der Waals surface area contributed by atoms with E-state index in [4.69, 9.17) is 10.8 Å². The first-order chi connectivity index (χ1) is 10.5. The maximum absolute atomic E-state index is 10.4. The lowest BCUT2D eigenvalue weighted by molar-refractivity contribution is -0.137. The van der Waals surface area contributed by atoms with Gasteiger partial charge in [0.25, 0.3) is 0 Å². The summed E-state index contributed by atoms with van der Waals surface area (Å²) in [6.07, 6.45) is 0.973. The lowest BCUT2D eigenvalue weighted by atomic mass is 10.1. The minimum atomic E-state index is -0.848. The number of carboxylic acid groups (broad SMARTS) is 1. The van der Waals surface area contributed by atoms with Crippen molar-refractivity contribution in [2.45, 2.75) is 32.4 Å². The Labute approximate surface area is 132 Å². The van der Waals surface area contributed by atoms with Crippen LogP contribution in [0.4, 0.5) is 5.69 Å². The van der Waals surface area contributed by atoms with Gasteiger partial charge < -0.3 is 16.2 Å². The predicted molar refractivity (Wildman–Crippen MR) is 91.0 cm³/mol. The maximum Gasteiger partial charge on any atom is 0.325 e. The fourth-order valence-corrected chi connectivity index (χ4v) is 1.83. The van der Waals surface area contributed by atoms with Gasteiger partial charge in [-0.15, -0.1) is 0 Å². The van der Waals surface area contributed by atoms with Crippen LogP contribution in [0, 0.1) is 0 Å². The zero-order chi connectivity index (χ0) is 16.4. The Morgan fingerprint density at radius 3 is 2.00 bits per heavy atom. The number of anilines is 1. The van der Waals surface area contributed by atoms with Gasteiger partial charge in [0.1, 0.15) is 6.04 Å². The zero-order valence-corrected chi connectivity index (χ0v) is 13.1. The number of nitrogens with one attached hydrogen (secondary N) is 1. The number of para-hydroxylation sites is 1. The summed E-state index contributed by atoms with van der Waals surface area (Å²) in [6, 6.07) is 19.3. The molecule has 0 aliphatic carbocycles. The largest absolute Gasteiger partial charge is 0.480 e. The van der Waals surface area contributed by atoms with Gasteiger partial charge in [-0.05, 0) is 38.0 Å². The number of aliphatic carboxylic acids is 1. The van der Waals surface area contributed by atoms with Gasteiger partial charge in [0.15, 0.2) is 0 Å². The standard InChI is InChI=1S/C9H11NO2.C9H13N/c1-7(9(11)12)10-8-5-3-2-4-6-8;1-8(10)7-9-5-3-2-4-6-9/h2-7,10H,1H3,(H,11,12);2-6,8H,7,10H2,1H3. The fraction of sp³-hybridized carbons (Fsp3) is 0.278. The summed E-state index contributed by atoms with van der Waals surface area (Å²) in [5.74, 6) is -0.848. The van der Waals surface area contributed by atoms with Gasteiger partial charge in [-0.2, -0.15) is 0 Å². The molecule has 2 aromatic carbocycles. The third-order valence-corrected chi connectivity index (χ3v) is 2.93. The van der Waals surface area contributed by atoms with Crippen molar-refractivity contribution in [3.05, 3.63) is 66.2 Å². The number of carboxylic acids is 1. The highest BCUT2D eigenvalue weighted by molar-refractivity contribution is 5.76. The highest BCUT2D eigenvalue weighted by Gasteiger charge is 2.08. The number of rotatable bonds is 5. The van der Waals surface area contributed by atoms with Crippen LogP contribution in [0.1, 0.15) is 19.4 Å². The summed E-state index contributed by atoms with van der Waals surface area (Å²) in [7, 11) is 0. The van der Waals surface area contributed by atoms with E-state index in [1.165, 1.54) is 5.56 Å². The van der Waals surface area contributed by atoms with E-state index in [9.17, 15) is 4.79 Å². The topological polar surface area (TPSA) is 75.3 Å². The van der Waals surface area contributed by atoms with Crippen molar-refractivity contribution in [1.29, 1.82) is 0 Å². The molecule has 4 heteroatoms. The predicted octanol–water partition coefficient (Wildman–Crippen LogP) is 3.15. The van der Waals surface area contributed by atoms with Gasteiger partial charge in [0.2, 0.25) is 0 Å². The van der Waals surface area contributed by atoms with Crippen molar-refractivity contribution in [2.75, 3.05) is 5.32 Å². The monoisotopic (exact) mass is 300 g/mol. The molecule has 0 radical (unpaired) electrons. The van der Waals surface area contributed by atoms with Crippen LogP contribution < -0.4 is 11.1 Å². The van der Waals surface area contributed by atoms with Crippen LogP contribution in [0.2, 0.25) is 0 Å². The van der Waals surface area contributed by atoms with Crippen LogP contribution in [0.5, 0.6) is 0 Å². The van der Waals surface area contributed by atoms with Gasteiger partial charge >= 0.3 is 5.97 Å². The molecule has 0 bridgehead atoms. The molecule has 0 aliphatic rings. The van der Waals surface area contributed by atoms with Crippen molar-refractivity contribution < 1.29 is 9.90 Å². The first kappa shape index (κ1) is 17.7. The van der Waals surface area contributed by atoms with E-state index in [2.05, 4.69) is 17.4 Å². The van der Waals surface area contributed by atoms with E-state index in [1.807, 2.05) is 55.5 Å². The molecule has 4 N–H and O–H groups in total. The lowest BCUT2D eigenvalue weighted by Gasteiger charge is -2.09.